The Balaban J connectivity index is 2.51. The van der Waals surface area contributed by atoms with E-state index < -0.39 is 0 Å². The van der Waals surface area contributed by atoms with E-state index in [-0.39, 0.29) is 5.82 Å². The van der Waals surface area contributed by atoms with E-state index in [0.717, 1.165) is 28.0 Å². The number of nitrogens with zero attached hydrogens (tertiary/aromatic N) is 1. The van der Waals surface area contributed by atoms with E-state index in [4.69, 9.17) is 5.73 Å². The first kappa shape index (κ1) is 14.0. The van der Waals surface area contributed by atoms with Gasteiger partial charge in [-0.1, -0.05) is 28.1 Å². The van der Waals surface area contributed by atoms with Crippen LogP contribution in [0.2, 0.25) is 0 Å². The van der Waals surface area contributed by atoms with Gasteiger partial charge in [0.15, 0.2) is 0 Å². The van der Waals surface area contributed by atoms with E-state index in [1.54, 1.807) is 6.07 Å². The molecule has 0 unspecified atom stereocenters. The van der Waals surface area contributed by atoms with Crippen LogP contribution < -0.4 is 10.6 Å². The number of hydrogen-bond donors (Lipinski definition) is 1. The summed E-state index contributed by atoms with van der Waals surface area (Å²) in [6, 6.07) is 12.5. The van der Waals surface area contributed by atoms with Crippen LogP contribution in [0.5, 0.6) is 0 Å². The van der Waals surface area contributed by atoms with Gasteiger partial charge in [-0.25, -0.2) is 4.39 Å². The molecule has 2 aromatic rings. The largest absolute Gasteiger partial charge is 0.341 e. The summed E-state index contributed by atoms with van der Waals surface area (Å²) in [7, 11) is 0. The summed E-state index contributed by atoms with van der Waals surface area (Å²) >= 11 is 3.51. The van der Waals surface area contributed by atoms with Gasteiger partial charge in [-0.05, 0) is 37.3 Å². The van der Waals surface area contributed by atoms with Gasteiger partial charge in [0.25, 0.3) is 0 Å². The fraction of sp³-hybridized carbons (Fsp3) is 0.200. The molecule has 0 spiro atoms. The second-order valence-corrected chi connectivity index (χ2v) is 5.02. The first-order chi connectivity index (χ1) is 9.17. The van der Waals surface area contributed by atoms with E-state index >= 15 is 0 Å². The van der Waals surface area contributed by atoms with Crippen molar-refractivity contribution in [2.75, 3.05) is 11.4 Å². The van der Waals surface area contributed by atoms with Gasteiger partial charge in [-0.15, -0.1) is 0 Å². The Kier molecular flexibility index (Phi) is 4.56. The third-order valence-corrected chi connectivity index (χ3v) is 3.77. The summed E-state index contributed by atoms with van der Waals surface area (Å²) in [6.45, 7) is 3.21. The molecule has 0 aliphatic carbocycles. The second kappa shape index (κ2) is 6.17. The van der Waals surface area contributed by atoms with Crippen LogP contribution in [0.15, 0.2) is 46.9 Å². The van der Waals surface area contributed by atoms with Gasteiger partial charge in [0.05, 0.1) is 0 Å². The van der Waals surface area contributed by atoms with Crippen molar-refractivity contribution < 1.29 is 4.39 Å². The molecule has 0 saturated carbocycles. The SMILES string of the molecule is CCN(c1cccc(F)c1)c1cccc(Br)c1CN. The second-order valence-electron chi connectivity index (χ2n) is 4.17. The summed E-state index contributed by atoms with van der Waals surface area (Å²) in [6.07, 6.45) is 0. The third kappa shape index (κ3) is 2.96. The van der Waals surface area contributed by atoms with Gasteiger partial charge in [0, 0.05) is 34.5 Å². The van der Waals surface area contributed by atoms with E-state index in [1.807, 2.05) is 31.2 Å². The average Bonchev–Trinajstić information content (AvgIpc) is 2.40. The fourth-order valence-corrected chi connectivity index (χ4v) is 2.66. The van der Waals surface area contributed by atoms with Gasteiger partial charge in [-0.3, -0.25) is 0 Å². The van der Waals surface area contributed by atoms with Crippen LogP contribution in [0, 0.1) is 5.82 Å². The van der Waals surface area contributed by atoms with Gasteiger partial charge in [0.1, 0.15) is 5.82 Å². The number of rotatable bonds is 4. The molecule has 4 heteroatoms. The predicted octanol–water partition coefficient (Wildman–Crippen LogP) is 4.20. The Morgan fingerprint density at radius 3 is 2.58 bits per heavy atom. The molecule has 0 saturated heterocycles. The monoisotopic (exact) mass is 322 g/mol. The number of anilines is 2. The van der Waals surface area contributed by atoms with E-state index in [9.17, 15) is 4.39 Å². The topological polar surface area (TPSA) is 29.3 Å². The van der Waals surface area contributed by atoms with Crippen LogP contribution in [0.3, 0.4) is 0 Å². The molecule has 0 heterocycles. The summed E-state index contributed by atoms with van der Waals surface area (Å²) in [5.41, 5.74) is 8.68. The first-order valence-electron chi connectivity index (χ1n) is 6.18. The normalized spacial score (nSPS) is 10.5. The van der Waals surface area contributed by atoms with Crippen LogP contribution in [0.25, 0.3) is 0 Å². The Bertz CT molecular complexity index is 572. The van der Waals surface area contributed by atoms with Gasteiger partial charge >= 0.3 is 0 Å². The number of hydrogen-bond acceptors (Lipinski definition) is 2. The standard InChI is InChI=1S/C15H16BrFN2/c1-2-19(12-6-3-5-11(17)9-12)15-8-4-7-14(16)13(15)10-18/h3-9H,2,10,18H2,1H3. The lowest BCUT2D eigenvalue weighted by Crippen LogP contribution is -2.19. The lowest BCUT2D eigenvalue weighted by molar-refractivity contribution is 0.627. The zero-order chi connectivity index (χ0) is 13.8. The van der Waals surface area contributed by atoms with Crippen molar-refractivity contribution in [3.8, 4) is 0 Å². The van der Waals surface area contributed by atoms with Crippen molar-refractivity contribution in [2.45, 2.75) is 13.5 Å². The molecule has 0 fully saturated rings. The van der Waals surface area contributed by atoms with Crippen molar-refractivity contribution in [1.29, 1.82) is 0 Å². The highest BCUT2D eigenvalue weighted by molar-refractivity contribution is 9.10. The summed E-state index contributed by atoms with van der Waals surface area (Å²) in [4.78, 5) is 2.05. The average molecular weight is 323 g/mol. The minimum absolute atomic E-state index is 0.236. The van der Waals surface area contributed by atoms with Gasteiger partial charge < -0.3 is 10.6 Å². The summed E-state index contributed by atoms with van der Waals surface area (Å²) < 4.78 is 14.4. The Hall–Kier alpha value is -1.39. The van der Waals surface area contributed by atoms with Crippen molar-refractivity contribution >= 4 is 27.3 Å². The third-order valence-electron chi connectivity index (χ3n) is 3.03. The highest BCUT2D eigenvalue weighted by Crippen LogP contribution is 2.32. The molecule has 0 radical (unpaired) electrons. The van der Waals surface area contributed by atoms with Crippen LogP contribution in [-0.4, -0.2) is 6.54 Å². The molecule has 2 N–H and O–H groups in total. The van der Waals surface area contributed by atoms with E-state index in [0.29, 0.717) is 6.54 Å². The molecular weight excluding hydrogens is 307 g/mol. The summed E-state index contributed by atoms with van der Waals surface area (Å²) in [5.74, 6) is -0.236. The molecule has 0 atom stereocenters. The minimum Gasteiger partial charge on any atom is -0.341 e. The van der Waals surface area contributed by atoms with Gasteiger partial charge in [-0.2, -0.15) is 0 Å². The van der Waals surface area contributed by atoms with Crippen molar-refractivity contribution in [3.63, 3.8) is 0 Å². The predicted molar refractivity (Wildman–Crippen MR) is 81.1 cm³/mol. The lowest BCUT2D eigenvalue weighted by atomic mass is 10.1. The van der Waals surface area contributed by atoms with E-state index in [1.165, 1.54) is 12.1 Å². The van der Waals surface area contributed by atoms with Crippen LogP contribution >= 0.6 is 15.9 Å². The highest BCUT2D eigenvalue weighted by Gasteiger charge is 2.13. The maximum absolute atomic E-state index is 13.4. The molecule has 2 nitrogen and oxygen atoms in total. The quantitative estimate of drug-likeness (QED) is 0.913. The van der Waals surface area contributed by atoms with Crippen LogP contribution in [0.1, 0.15) is 12.5 Å². The van der Waals surface area contributed by atoms with Crippen molar-refractivity contribution in [3.05, 3.63) is 58.3 Å². The van der Waals surface area contributed by atoms with Crippen LogP contribution in [0.4, 0.5) is 15.8 Å². The molecule has 2 rings (SSSR count). The van der Waals surface area contributed by atoms with Crippen molar-refractivity contribution in [2.24, 2.45) is 5.73 Å². The smallest absolute Gasteiger partial charge is 0.125 e. The molecule has 19 heavy (non-hydrogen) atoms. The lowest BCUT2D eigenvalue weighted by Gasteiger charge is -2.26. The van der Waals surface area contributed by atoms with E-state index in [2.05, 4.69) is 20.8 Å². The molecule has 0 aliphatic rings. The minimum atomic E-state index is -0.236. The molecule has 100 valence electrons. The molecule has 0 aliphatic heterocycles. The Morgan fingerprint density at radius 1 is 1.21 bits per heavy atom. The molecule has 2 aromatic carbocycles. The molecule has 0 aromatic heterocycles. The number of benzene rings is 2. The Morgan fingerprint density at radius 2 is 1.95 bits per heavy atom. The van der Waals surface area contributed by atoms with Gasteiger partial charge in [0.2, 0.25) is 0 Å². The maximum atomic E-state index is 13.4. The summed E-state index contributed by atoms with van der Waals surface area (Å²) in [5, 5.41) is 0. The Labute approximate surface area is 121 Å². The molecular formula is C15H16BrFN2. The molecule has 0 amide bonds. The number of halogens is 2. The maximum Gasteiger partial charge on any atom is 0.125 e. The van der Waals surface area contributed by atoms with Crippen molar-refractivity contribution in [1.82, 2.24) is 0 Å². The number of nitrogens with two attached hydrogens (primary N) is 1. The first-order valence-corrected chi connectivity index (χ1v) is 6.97. The highest BCUT2D eigenvalue weighted by atomic mass is 79.9. The zero-order valence-corrected chi connectivity index (χ0v) is 12.3. The zero-order valence-electron chi connectivity index (χ0n) is 10.7. The molecule has 0 bridgehead atoms. The van der Waals surface area contributed by atoms with Crippen LogP contribution in [-0.2, 0) is 6.54 Å². The fourth-order valence-electron chi connectivity index (χ4n) is 2.14.